The third kappa shape index (κ3) is 3.04. The second-order valence-electron chi connectivity index (χ2n) is 6.81. The molecule has 106 valence electrons. The predicted octanol–water partition coefficient (Wildman–Crippen LogP) is 4.35. The summed E-state index contributed by atoms with van der Waals surface area (Å²) in [5.41, 5.74) is 8.68. The maximum absolute atomic E-state index is 6.52. The summed E-state index contributed by atoms with van der Waals surface area (Å²) in [6, 6.07) is 6.39. The van der Waals surface area contributed by atoms with Crippen molar-refractivity contribution in [3.05, 3.63) is 33.8 Å². The molecule has 0 bridgehead atoms. The molecule has 1 aromatic rings. The molecule has 19 heavy (non-hydrogen) atoms. The van der Waals surface area contributed by atoms with Crippen LogP contribution in [0, 0.1) is 12.8 Å². The number of halogens is 1. The van der Waals surface area contributed by atoms with Gasteiger partial charge in [-0.1, -0.05) is 28.1 Å². The molecule has 1 aliphatic rings. The summed E-state index contributed by atoms with van der Waals surface area (Å²) in [6.45, 7) is 10.7. The Kier molecular flexibility index (Phi) is 3.85. The highest BCUT2D eigenvalue weighted by Crippen LogP contribution is 2.47. The highest BCUT2D eigenvalue weighted by molar-refractivity contribution is 9.10. The molecule has 2 unspecified atom stereocenters. The van der Waals surface area contributed by atoms with Crippen molar-refractivity contribution in [1.29, 1.82) is 0 Å². The average molecular weight is 326 g/mol. The van der Waals surface area contributed by atoms with Crippen LogP contribution in [0.3, 0.4) is 0 Å². The van der Waals surface area contributed by atoms with Gasteiger partial charge in [-0.2, -0.15) is 0 Å². The first-order valence-electron chi connectivity index (χ1n) is 6.84. The van der Waals surface area contributed by atoms with Gasteiger partial charge in [-0.15, -0.1) is 0 Å². The highest BCUT2D eigenvalue weighted by atomic mass is 79.9. The first kappa shape index (κ1) is 15.0. The molecule has 0 aromatic heterocycles. The largest absolute Gasteiger partial charge is 0.369 e. The van der Waals surface area contributed by atoms with Crippen LogP contribution in [0.25, 0.3) is 0 Å². The molecule has 0 aliphatic carbocycles. The zero-order valence-corrected chi connectivity index (χ0v) is 14.0. The summed E-state index contributed by atoms with van der Waals surface area (Å²) in [7, 11) is 0. The van der Waals surface area contributed by atoms with Crippen molar-refractivity contribution < 1.29 is 4.74 Å². The van der Waals surface area contributed by atoms with Gasteiger partial charge in [0.05, 0.1) is 11.2 Å². The Morgan fingerprint density at radius 1 is 1.32 bits per heavy atom. The van der Waals surface area contributed by atoms with E-state index in [-0.39, 0.29) is 17.2 Å². The minimum Gasteiger partial charge on any atom is -0.369 e. The Labute approximate surface area is 124 Å². The van der Waals surface area contributed by atoms with Crippen LogP contribution >= 0.6 is 15.9 Å². The number of hydrogen-bond acceptors (Lipinski definition) is 2. The third-order valence-electron chi connectivity index (χ3n) is 4.14. The molecule has 0 amide bonds. The number of benzene rings is 1. The molecule has 2 atom stereocenters. The van der Waals surface area contributed by atoms with Gasteiger partial charge in [0, 0.05) is 16.4 Å². The van der Waals surface area contributed by atoms with E-state index in [0.717, 1.165) is 10.9 Å². The van der Waals surface area contributed by atoms with Crippen molar-refractivity contribution in [2.24, 2.45) is 11.7 Å². The monoisotopic (exact) mass is 325 g/mol. The Morgan fingerprint density at radius 2 is 1.95 bits per heavy atom. The molecule has 2 nitrogen and oxygen atoms in total. The normalized spacial score (nSPS) is 26.4. The maximum atomic E-state index is 6.52. The summed E-state index contributed by atoms with van der Waals surface area (Å²) in [6.07, 6.45) is 0.996. The molecule has 1 fully saturated rings. The molecule has 1 heterocycles. The van der Waals surface area contributed by atoms with E-state index in [1.165, 1.54) is 11.1 Å². The van der Waals surface area contributed by atoms with Crippen molar-refractivity contribution in [1.82, 2.24) is 0 Å². The van der Waals surface area contributed by atoms with E-state index < -0.39 is 0 Å². The standard InChI is InChI=1S/C16H24BrNO/c1-10-8-11(6-7-13(10)17)14(18)12-9-15(2,3)19-16(12,4)5/h6-8,12,14H,9,18H2,1-5H3. The average Bonchev–Trinajstić information content (AvgIpc) is 2.49. The lowest BCUT2D eigenvalue weighted by Gasteiger charge is -2.31. The van der Waals surface area contributed by atoms with Crippen LogP contribution < -0.4 is 5.73 Å². The fraction of sp³-hybridized carbons (Fsp3) is 0.625. The van der Waals surface area contributed by atoms with Crippen LogP contribution in [0.1, 0.15) is 51.3 Å². The summed E-state index contributed by atoms with van der Waals surface area (Å²) < 4.78 is 7.29. The first-order chi connectivity index (χ1) is 8.62. The van der Waals surface area contributed by atoms with E-state index in [9.17, 15) is 0 Å². The van der Waals surface area contributed by atoms with E-state index >= 15 is 0 Å². The molecular formula is C16H24BrNO. The van der Waals surface area contributed by atoms with Gasteiger partial charge in [0.1, 0.15) is 0 Å². The van der Waals surface area contributed by atoms with E-state index in [4.69, 9.17) is 10.5 Å². The zero-order valence-electron chi connectivity index (χ0n) is 12.5. The van der Waals surface area contributed by atoms with Gasteiger partial charge >= 0.3 is 0 Å². The van der Waals surface area contributed by atoms with E-state index in [0.29, 0.717) is 5.92 Å². The topological polar surface area (TPSA) is 35.2 Å². The zero-order chi connectivity index (χ0) is 14.4. The molecule has 1 aromatic carbocycles. The summed E-state index contributed by atoms with van der Waals surface area (Å²) >= 11 is 3.54. The quantitative estimate of drug-likeness (QED) is 0.877. The van der Waals surface area contributed by atoms with Gasteiger partial charge < -0.3 is 10.5 Å². The molecular weight excluding hydrogens is 302 g/mol. The number of aryl methyl sites for hydroxylation is 1. The number of ether oxygens (including phenoxy) is 1. The van der Waals surface area contributed by atoms with Crippen LogP contribution in [0.15, 0.2) is 22.7 Å². The van der Waals surface area contributed by atoms with E-state index in [1.54, 1.807) is 0 Å². The van der Waals surface area contributed by atoms with Crippen molar-refractivity contribution in [2.75, 3.05) is 0 Å². The number of nitrogens with two attached hydrogens (primary N) is 1. The Hall–Kier alpha value is -0.380. The Bertz CT molecular complexity index is 482. The summed E-state index contributed by atoms with van der Waals surface area (Å²) in [5, 5.41) is 0. The predicted molar refractivity (Wildman–Crippen MR) is 83.2 cm³/mol. The lowest BCUT2D eigenvalue weighted by atomic mass is 9.79. The highest BCUT2D eigenvalue weighted by Gasteiger charge is 2.48. The van der Waals surface area contributed by atoms with Crippen LogP contribution in [-0.2, 0) is 4.74 Å². The van der Waals surface area contributed by atoms with Gasteiger partial charge in [-0.25, -0.2) is 0 Å². The van der Waals surface area contributed by atoms with E-state index in [2.05, 4.69) is 68.7 Å². The second kappa shape index (κ2) is 4.87. The van der Waals surface area contributed by atoms with Gasteiger partial charge in [0.15, 0.2) is 0 Å². The number of rotatable bonds is 2. The smallest absolute Gasteiger partial charge is 0.0680 e. The fourth-order valence-corrected chi connectivity index (χ4v) is 3.52. The minimum absolute atomic E-state index is 0.0172. The molecule has 3 heteroatoms. The summed E-state index contributed by atoms with van der Waals surface area (Å²) in [5.74, 6) is 0.336. The lowest BCUT2D eigenvalue weighted by Crippen LogP contribution is -2.35. The van der Waals surface area contributed by atoms with Crippen LogP contribution in [0.2, 0.25) is 0 Å². The second-order valence-corrected chi connectivity index (χ2v) is 7.66. The molecule has 2 rings (SSSR count). The van der Waals surface area contributed by atoms with Crippen LogP contribution in [0.4, 0.5) is 0 Å². The maximum Gasteiger partial charge on any atom is 0.0680 e. The fourth-order valence-electron chi connectivity index (χ4n) is 3.27. The first-order valence-corrected chi connectivity index (χ1v) is 7.63. The van der Waals surface area contributed by atoms with Crippen molar-refractivity contribution in [2.45, 2.75) is 58.3 Å². The SMILES string of the molecule is Cc1cc(C(N)C2CC(C)(C)OC2(C)C)ccc1Br. The van der Waals surface area contributed by atoms with Crippen molar-refractivity contribution in [3.63, 3.8) is 0 Å². The van der Waals surface area contributed by atoms with Gasteiger partial charge in [0.2, 0.25) is 0 Å². The van der Waals surface area contributed by atoms with Gasteiger partial charge in [-0.05, 0) is 58.2 Å². The Balaban J connectivity index is 2.28. The Morgan fingerprint density at radius 3 is 2.42 bits per heavy atom. The van der Waals surface area contributed by atoms with Crippen molar-refractivity contribution in [3.8, 4) is 0 Å². The molecule has 1 saturated heterocycles. The summed E-state index contributed by atoms with van der Waals surface area (Å²) in [4.78, 5) is 0. The van der Waals surface area contributed by atoms with Gasteiger partial charge in [-0.3, -0.25) is 0 Å². The van der Waals surface area contributed by atoms with Gasteiger partial charge in [0.25, 0.3) is 0 Å². The minimum atomic E-state index is -0.177. The lowest BCUT2D eigenvalue weighted by molar-refractivity contribution is -0.0767. The van der Waals surface area contributed by atoms with Crippen LogP contribution in [0.5, 0.6) is 0 Å². The van der Waals surface area contributed by atoms with Crippen LogP contribution in [-0.4, -0.2) is 11.2 Å². The van der Waals surface area contributed by atoms with Crippen molar-refractivity contribution >= 4 is 15.9 Å². The molecule has 2 N–H and O–H groups in total. The molecule has 0 spiro atoms. The number of hydrogen-bond donors (Lipinski definition) is 1. The molecule has 0 radical (unpaired) electrons. The van der Waals surface area contributed by atoms with E-state index in [1.807, 2.05) is 0 Å². The molecule has 0 saturated carbocycles. The molecule has 1 aliphatic heterocycles. The third-order valence-corrected chi connectivity index (χ3v) is 5.03.